The molecule has 4 N–H and O–H groups in total. The van der Waals surface area contributed by atoms with Gasteiger partial charge in [-0.1, -0.05) is 0 Å². The van der Waals surface area contributed by atoms with E-state index in [9.17, 15) is 4.79 Å². The van der Waals surface area contributed by atoms with Crippen LogP contribution in [0.25, 0.3) is 0 Å². The van der Waals surface area contributed by atoms with Crippen molar-refractivity contribution < 1.29 is 9.90 Å². The minimum absolute atomic E-state index is 0.0624. The van der Waals surface area contributed by atoms with Gasteiger partial charge in [-0.05, 0) is 25.4 Å². The second-order valence-electron chi connectivity index (χ2n) is 3.01. The predicted octanol–water partition coefficient (Wildman–Crippen LogP) is -0.602. The normalized spacial score (nSPS) is 31.7. The molecule has 0 unspecified atom stereocenters. The lowest BCUT2D eigenvalue weighted by Crippen LogP contribution is -2.45. The van der Waals surface area contributed by atoms with Crippen molar-refractivity contribution in [2.75, 3.05) is 13.1 Å². The zero-order chi connectivity index (χ0) is 8.27. The molecule has 0 bridgehead atoms. The highest BCUT2D eigenvalue weighted by Gasteiger charge is 2.23. The van der Waals surface area contributed by atoms with Gasteiger partial charge in [0.1, 0.15) is 0 Å². The van der Waals surface area contributed by atoms with Crippen molar-refractivity contribution in [1.29, 1.82) is 0 Å². The molecule has 64 valence electrons. The van der Waals surface area contributed by atoms with Gasteiger partial charge in [0.15, 0.2) is 0 Å². The van der Waals surface area contributed by atoms with Gasteiger partial charge >= 0.3 is 5.97 Å². The molecular weight excluding hydrogens is 144 g/mol. The molecule has 0 aliphatic carbocycles. The molecule has 0 radical (unpaired) electrons. The molecule has 0 amide bonds. The van der Waals surface area contributed by atoms with Crippen LogP contribution in [-0.2, 0) is 4.79 Å². The molecule has 4 heteroatoms. The molecular formula is C7H14N2O2. The lowest BCUT2D eigenvalue weighted by atomic mass is 9.91. The van der Waals surface area contributed by atoms with Crippen LogP contribution in [0.1, 0.15) is 12.8 Å². The van der Waals surface area contributed by atoms with E-state index in [0.717, 1.165) is 19.5 Å². The summed E-state index contributed by atoms with van der Waals surface area (Å²) in [5, 5.41) is 11.6. The number of rotatable bonds is 2. The van der Waals surface area contributed by atoms with E-state index in [1.165, 1.54) is 0 Å². The van der Waals surface area contributed by atoms with Crippen LogP contribution in [0.5, 0.6) is 0 Å². The SMILES string of the molecule is N[C@H]1CCNC[C@@H]1CC(=O)O. The maximum absolute atomic E-state index is 10.3. The maximum atomic E-state index is 10.3. The van der Waals surface area contributed by atoms with Gasteiger partial charge in [0.25, 0.3) is 0 Å². The summed E-state index contributed by atoms with van der Waals surface area (Å²) in [6.45, 7) is 1.66. The Morgan fingerprint density at radius 1 is 1.73 bits per heavy atom. The Morgan fingerprint density at radius 3 is 3.00 bits per heavy atom. The van der Waals surface area contributed by atoms with Crippen molar-refractivity contribution in [3.05, 3.63) is 0 Å². The smallest absolute Gasteiger partial charge is 0.303 e. The highest BCUT2D eigenvalue weighted by atomic mass is 16.4. The third-order valence-corrected chi connectivity index (χ3v) is 2.10. The van der Waals surface area contributed by atoms with Crippen molar-refractivity contribution in [1.82, 2.24) is 5.32 Å². The Kier molecular flexibility index (Phi) is 2.84. The number of piperidine rings is 1. The predicted molar refractivity (Wildman–Crippen MR) is 41.2 cm³/mol. The summed E-state index contributed by atoms with van der Waals surface area (Å²) in [6.07, 6.45) is 1.08. The van der Waals surface area contributed by atoms with Gasteiger partial charge < -0.3 is 16.2 Å². The van der Waals surface area contributed by atoms with Gasteiger partial charge in [0.2, 0.25) is 0 Å². The van der Waals surface area contributed by atoms with Gasteiger partial charge in [-0.3, -0.25) is 4.79 Å². The van der Waals surface area contributed by atoms with Gasteiger partial charge in [-0.25, -0.2) is 0 Å². The largest absolute Gasteiger partial charge is 0.481 e. The van der Waals surface area contributed by atoms with E-state index in [4.69, 9.17) is 10.8 Å². The van der Waals surface area contributed by atoms with Crippen LogP contribution in [0.3, 0.4) is 0 Å². The zero-order valence-electron chi connectivity index (χ0n) is 6.42. The summed E-state index contributed by atoms with van der Waals surface area (Å²) in [6, 6.07) is 0.0624. The fraction of sp³-hybridized carbons (Fsp3) is 0.857. The highest BCUT2D eigenvalue weighted by Crippen LogP contribution is 2.12. The summed E-state index contributed by atoms with van der Waals surface area (Å²) >= 11 is 0. The molecule has 11 heavy (non-hydrogen) atoms. The number of hydrogen-bond acceptors (Lipinski definition) is 3. The van der Waals surface area contributed by atoms with E-state index in [2.05, 4.69) is 5.32 Å². The summed E-state index contributed by atoms with van der Waals surface area (Å²) in [7, 11) is 0. The molecule has 2 atom stereocenters. The molecule has 0 aromatic heterocycles. The molecule has 1 heterocycles. The van der Waals surface area contributed by atoms with E-state index in [0.29, 0.717) is 0 Å². The molecule has 1 fully saturated rings. The average molecular weight is 158 g/mol. The van der Waals surface area contributed by atoms with E-state index >= 15 is 0 Å². The van der Waals surface area contributed by atoms with Crippen LogP contribution < -0.4 is 11.1 Å². The first-order chi connectivity index (χ1) is 5.20. The minimum Gasteiger partial charge on any atom is -0.481 e. The highest BCUT2D eigenvalue weighted by molar-refractivity contribution is 5.67. The average Bonchev–Trinajstić information content (AvgIpc) is 1.93. The van der Waals surface area contributed by atoms with E-state index in [1.807, 2.05) is 0 Å². The third-order valence-electron chi connectivity index (χ3n) is 2.10. The maximum Gasteiger partial charge on any atom is 0.303 e. The number of aliphatic carboxylic acids is 1. The number of nitrogens with one attached hydrogen (secondary N) is 1. The lowest BCUT2D eigenvalue weighted by molar-refractivity contribution is -0.138. The Hall–Kier alpha value is -0.610. The molecule has 0 saturated carbocycles. The summed E-state index contributed by atoms with van der Waals surface area (Å²) in [5.41, 5.74) is 5.72. The number of carbonyl (C=O) groups is 1. The molecule has 1 aliphatic rings. The summed E-state index contributed by atoms with van der Waals surface area (Å²) < 4.78 is 0. The topological polar surface area (TPSA) is 75.3 Å². The monoisotopic (exact) mass is 158 g/mol. The Balaban J connectivity index is 2.35. The van der Waals surface area contributed by atoms with Crippen molar-refractivity contribution in [3.8, 4) is 0 Å². The first kappa shape index (κ1) is 8.49. The van der Waals surface area contributed by atoms with Crippen LogP contribution in [-0.4, -0.2) is 30.2 Å². The van der Waals surface area contributed by atoms with Crippen LogP contribution in [0.4, 0.5) is 0 Å². The molecule has 0 spiro atoms. The van der Waals surface area contributed by atoms with E-state index in [-0.39, 0.29) is 18.4 Å². The fourth-order valence-corrected chi connectivity index (χ4v) is 1.39. The molecule has 4 nitrogen and oxygen atoms in total. The van der Waals surface area contributed by atoms with Crippen LogP contribution >= 0.6 is 0 Å². The minimum atomic E-state index is -0.755. The summed E-state index contributed by atoms with van der Waals surface area (Å²) in [5.74, 6) is -0.643. The third kappa shape index (κ3) is 2.48. The first-order valence-electron chi connectivity index (χ1n) is 3.88. The fourth-order valence-electron chi connectivity index (χ4n) is 1.39. The lowest BCUT2D eigenvalue weighted by Gasteiger charge is -2.27. The van der Waals surface area contributed by atoms with Crippen molar-refractivity contribution in [2.24, 2.45) is 11.7 Å². The Labute approximate surface area is 65.8 Å². The second kappa shape index (κ2) is 3.69. The number of carboxylic acids is 1. The van der Waals surface area contributed by atoms with Gasteiger partial charge in [0.05, 0.1) is 6.42 Å². The molecule has 1 aliphatic heterocycles. The first-order valence-corrected chi connectivity index (χ1v) is 3.88. The quantitative estimate of drug-likeness (QED) is 0.501. The van der Waals surface area contributed by atoms with Gasteiger partial charge in [0, 0.05) is 6.04 Å². The number of hydrogen-bond donors (Lipinski definition) is 3. The Bertz CT molecular complexity index is 149. The van der Waals surface area contributed by atoms with E-state index < -0.39 is 5.97 Å². The van der Waals surface area contributed by atoms with Crippen LogP contribution in [0.2, 0.25) is 0 Å². The molecule has 0 aromatic rings. The van der Waals surface area contributed by atoms with Crippen molar-refractivity contribution in [3.63, 3.8) is 0 Å². The molecule has 1 saturated heterocycles. The van der Waals surface area contributed by atoms with E-state index in [1.54, 1.807) is 0 Å². The summed E-state index contributed by atoms with van der Waals surface area (Å²) in [4.78, 5) is 10.3. The second-order valence-corrected chi connectivity index (χ2v) is 3.01. The Morgan fingerprint density at radius 2 is 2.45 bits per heavy atom. The van der Waals surface area contributed by atoms with Crippen LogP contribution in [0, 0.1) is 5.92 Å². The molecule has 1 rings (SSSR count). The van der Waals surface area contributed by atoms with Gasteiger partial charge in [-0.2, -0.15) is 0 Å². The number of nitrogens with two attached hydrogens (primary N) is 1. The number of carboxylic acid groups (broad SMARTS) is 1. The van der Waals surface area contributed by atoms with Gasteiger partial charge in [-0.15, -0.1) is 0 Å². The molecule has 0 aromatic carbocycles. The standard InChI is InChI=1S/C7H14N2O2/c8-6-1-2-9-4-5(6)3-7(10)11/h5-6,9H,1-4,8H2,(H,10,11)/t5-,6-/m0/s1. The van der Waals surface area contributed by atoms with Crippen molar-refractivity contribution >= 4 is 5.97 Å². The van der Waals surface area contributed by atoms with Crippen molar-refractivity contribution in [2.45, 2.75) is 18.9 Å². The van der Waals surface area contributed by atoms with Crippen LogP contribution in [0.15, 0.2) is 0 Å². The zero-order valence-corrected chi connectivity index (χ0v) is 6.42.